The number of carboxylic acids is 1. The zero-order chi connectivity index (χ0) is 16.6. The van der Waals surface area contributed by atoms with E-state index in [1.54, 1.807) is 0 Å². The standard InChI is InChI=1S/C16H32N2O3/c1-7-11(2)8-12(3)17-15(21)18-13(9-14(19)20)10-16(4,5)6/h11-13H,7-10H2,1-6H3,(H,19,20)(H2,17,18,21). The maximum Gasteiger partial charge on any atom is 0.315 e. The molecule has 5 nitrogen and oxygen atoms in total. The summed E-state index contributed by atoms with van der Waals surface area (Å²) in [6.45, 7) is 12.4. The Morgan fingerprint density at radius 2 is 1.71 bits per heavy atom. The Morgan fingerprint density at radius 1 is 1.14 bits per heavy atom. The number of rotatable bonds is 8. The second kappa shape index (κ2) is 8.90. The highest BCUT2D eigenvalue weighted by molar-refractivity contribution is 5.76. The molecule has 0 bridgehead atoms. The van der Waals surface area contributed by atoms with Crippen LogP contribution in [0.1, 0.15) is 67.2 Å². The van der Waals surface area contributed by atoms with Crippen LogP contribution in [0.4, 0.5) is 4.79 Å². The maximum atomic E-state index is 12.0. The first-order chi connectivity index (χ1) is 9.53. The van der Waals surface area contributed by atoms with Gasteiger partial charge < -0.3 is 15.7 Å². The van der Waals surface area contributed by atoms with Crippen LogP contribution >= 0.6 is 0 Å². The van der Waals surface area contributed by atoms with Gasteiger partial charge in [-0.25, -0.2) is 4.79 Å². The second-order valence-electron chi connectivity index (χ2n) is 7.33. The van der Waals surface area contributed by atoms with E-state index < -0.39 is 5.97 Å². The highest BCUT2D eigenvalue weighted by atomic mass is 16.4. The van der Waals surface area contributed by atoms with Crippen molar-refractivity contribution in [3.05, 3.63) is 0 Å². The molecule has 2 amide bonds. The number of hydrogen-bond acceptors (Lipinski definition) is 2. The summed E-state index contributed by atoms with van der Waals surface area (Å²) in [4.78, 5) is 22.9. The van der Waals surface area contributed by atoms with Crippen LogP contribution in [0.2, 0.25) is 0 Å². The summed E-state index contributed by atoms with van der Waals surface area (Å²) < 4.78 is 0. The summed E-state index contributed by atoms with van der Waals surface area (Å²) in [5.74, 6) is -0.332. The molecule has 0 saturated heterocycles. The van der Waals surface area contributed by atoms with Crippen LogP contribution in [0.5, 0.6) is 0 Å². The average Bonchev–Trinajstić information content (AvgIpc) is 2.24. The number of carboxylic acid groups (broad SMARTS) is 1. The van der Waals surface area contributed by atoms with Crippen molar-refractivity contribution in [2.75, 3.05) is 0 Å². The van der Waals surface area contributed by atoms with Gasteiger partial charge in [-0.2, -0.15) is 0 Å². The third-order valence-electron chi connectivity index (χ3n) is 3.45. The van der Waals surface area contributed by atoms with Crippen LogP contribution in [-0.2, 0) is 4.79 Å². The van der Waals surface area contributed by atoms with Crippen molar-refractivity contribution in [3.8, 4) is 0 Å². The monoisotopic (exact) mass is 300 g/mol. The largest absolute Gasteiger partial charge is 0.481 e. The molecule has 0 rings (SSSR count). The van der Waals surface area contributed by atoms with Gasteiger partial charge in [0.1, 0.15) is 0 Å². The van der Waals surface area contributed by atoms with Crippen molar-refractivity contribution < 1.29 is 14.7 Å². The number of nitrogens with one attached hydrogen (secondary N) is 2. The van der Waals surface area contributed by atoms with E-state index in [1.165, 1.54) is 0 Å². The SMILES string of the molecule is CCC(C)CC(C)NC(=O)NC(CC(=O)O)CC(C)(C)C. The van der Waals surface area contributed by atoms with Gasteiger partial charge >= 0.3 is 12.0 Å². The van der Waals surface area contributed by atoms with Crippen molar-refractivity contribution >= 4 is 12.0 Å². The van der Waals surface area contributed by atoms with Gasteiger partial charge in [0, 0.05) is 12.1 Å². The van der Waals surface area contributed by atoms with Gasteiger partial charge in [-0.05, 0) is 31.1 Å². The minimum atomic E-state index is -0.891. The zero-order valence-electron chi connectivity index (χ0n) is 14.3. The van der Waals surface area contributed by atoms with Crippen molar-refractivity contribution in [3.63, 3.8) is 0 Å². The van der Waals surface area contributed by atoms with Crippen LogP contribution in [0.25, 0.3) is 0 Å². The minimum absolute atomic E-state index is 0.0320. The second-order valence-corrected chi connectivity index (χ2v) is 7.33. The molecular formula is C16H32N2O3. The lowest BCUT2D eigenvalue weighted by atomic mass is 9.87. The van der Waals surface area contributed by atoms with Gasteiger partial charge in [-0.1, -0.05) is 41.0 Å². The molecule has 0 aliphatic heterocycles. The molecule has 0 radical (unpaired) electrons. The summed E-state index contributed by atoms with van der Waals surface area (Å²) in [7, 11) is 0. The van der Waals surface area contributed by atoms with Gasteiger partial charge in [0.05, 0.1) is 6.42 Å². The fraction of sp³-hybridized carbons (Fsp3) is 0.875. The van der Waals surface area contributed by atoms with E-state index in [4.69, 9.17) is 5.11 Å². The van der Waals surface area contributed by atoms with E-state index >= 15 is 0 Å². The molecule has 0 fully saturated rings. The molecule has 0 spiro atoms. The number of aliphatic carboxylic acids is 1. The van der Waals surface area contributed by atoms with Crippen LogP contribution in [-0.4, -0.2) is 29.2 Å². The molecule has 21 heavy (non-hydrogen) atoms. The number of carbonyl (C=O) groups excluding carboxylic acids is 1. The van der Waals surface area contributed by atoms with Crippen LogP contribution in [0.15, 0.2) is 0 Å². The Morgan fingerprint density at radius 3 is 2.14 bits per heavy atom. The molecule has 124 valence electrons. The van der Waals surface area contributed by atoms with Gasteiger partial charge in [0.25, 0.3) is 0 Å². The predicted octanol–water partition coefficient (Wildman–Crippen LogP) is 3.39. The molecule has 0 aliphatic rings. The number of urea groups is 1. The van der Waals surface area contributed by atoms with E-state index in [2.05, 4.69) is 24.5 Å². The highest BCUT2D eigenvalue weighted by Crippen LogP contribution is 2.22. The third kappa shape index (κ3) is 11.1. The summed E-state index contributed by atoms with van der Waals surface area (Å²) in [5.41, 5.74) is -0.0320. The first-order valence-electron chi connectivity index (χ1n) is 7.82. The van der Waals surface area contributed by atoms with E-state index in [9.17, 15) is 9.59 Å². The lowest BCUT2D eigenvalue weighted by Gasteiger charge is -2.27. The fourth-order valence-electron chi connectivity index (χ4n) is 2.40. The zero-order valence-corrected chi connectivity index (χ0v) is 14.3. The Hall–Kier alpha value is -1.26. The summed E-state index contributed by atoms with van der Waals surface area (Å²) in [5, 5.41) is 14.6. The van der Waals surface area contributed by atoms with E-state index in [-0.39, 0.29) is 30.0 Å². The Balaban J connectivity index is 4.42. The summed E-state index contributed by atoms with van der Waals surface area (Å²) >= 11 is 0. The smallest absolute Gasteiger partial charge is 0.315 e. The highest BCUT2D eigenvalue weighted by Gasteiger charge is 2.23. The van der Waals surface area contributed by atoms with Gasteiger partial charge in [0.15, 0.2) is 0 Å². The maximum absolute atomic E-state index is 12.0. The molecule has 0 aliphatic carbocycles. The topological polar surface area (TPSA) is 78.4 Å². The summed E-state index contributed by atoms with van der Waals surface area (Å²) in [6.07, 6.45) is 2.59. The molecule has 3 unspecified atom stereocenters. The molecule has 5 heteroatoms. The molecule has 0 heterocycles. The third-order valence-corrected chi connectivity index (χ3v) is 3.45. The Bertz CT molecular complexity index is 337. The Labute approximate surface area is 128 Å². The average molecular weight is 300 g/mol. The molecule has 3 N–H and O–H groups in total. The number of amides is 2. The minimum Gasteiger partial charge on any atom is -0.481 e. The lowest BCUT2D eigenvalue weighted by molar-refractivity contribution is -0.137. The van der Waals surface area contributed by atoms with Gasteiger partial charge in [0.2, 0.25) is 0 Å². The van der Waals surface area contributed by atoms with Crippen molar-refractivity contribution in [2.45, 2.75) is 79.3 Å². The first-order valence-corrected chi connectivity index (χ1v) is 7.82. The van der Waals surface area contributed by atoms with E-state index in [0.29, 0.717) is 12.3 Å². The van der Waals surface area contributed by atoms with E-state index in [0.717, 1.165) is 12.8 Å². The van der Waals surface area contributed by atoms with Gasteiger partial charge in [-0.15, -0.1) is 0 Å². The van der Waals surface area contributed by atoms with Gasteiger partial charge in [-0.3, -0.25) is 4.79 Å². The van der Waals surface area contributed by atoms with Crippen molar-refractivity contribution in [1.82, 2.24) is 10.6 Å². The summed E-state index contributed by atoms with van der Waals surface area (Å²) in [6, 6.07) is -0.542. The molecule has 0 saturated carbocycles. The number of carbonyl (C=O) groups is 2. The van der Waals surface area contributed by atoms with Crippen LogP contribution in [0, 0.1) is 11.3 Å². The number of hydrogen-bond donors (Lipinski definition) is 3. The van der Waals surface area contributed by atoms with Crippen LogP contribution < -0.4 is 10.6 Å². The fourth-order valence-corrected chi connectivity index (χ4v) is 2.40. The van der Waals surface area contributed by atoms with Crippen LogP contribution in [0.3, 0.4) is 0 Å². The van der Waals surface area contributed by atoms with Crippen molar-refractivity contribution in [1.29, 1.82) is 0 Å². The molecule has 3 atom stereocenters. The van der Waals surface area contributed by atoms with Crippen molar-refractivity contribution in [2.24, 2.45) is 11.3 Å². The predicted molar refractivity (Wildman–Crippen MR) is 85.3 cm³/mol. The molecular weight excluding hydrogens is 268 g/mol. The molecule has 0 aromatic heterocycles. The Kier molecular flexibility index (Phi) is 8.37. The normalized spacial score (nSPS) is 15.9. The lowest BCUT2D eigenvalue weighted by Crippen LogP contribution is -2.47. The molecule has 0 aromatic carbocycles. The van der Waals surface area contributed by atoms with E-state index in [1.807, 2.05) is 27.7 Å². The quantitative estimate of drug-likeness (QED) is 0.643. The first kappa shape index (κ1) is 19.7. The molecule has 0 aromatic rings.